The Hall–Kier alpha value is -0.940. The number of carbonyl (C=O) groups is 1. The van der Waals surface area contributed by atoms with Crippen LogP contribution in [0.2, 0.25) is 0 Å². The molecular formula is C18H34N2O3. The summed E-state index contributed by atoms with van der Waals surface area (Å²) < 4.78 is 0.457. The fourth-order valence-corrected chi connectivity index (χ4v) is 3.47. The van der Waals surface area contributed by atoms with Crippen LogP contribution in [-0.4, -0.2) is 54.2 Å². The van der Waals surface area contributed by atoms with Crippen molar-refractivity contribution < 1.29 is 19.5 Å². The van der Waals surface area contributed by atoms with E-state index in [9.17, 15) is 9.90 Å². The van der Waals surface area contributed by atoms with Crippen LogP contribution < -0.4 is 5.11 Å². The van der Waals surface area contributed by atoms with Gasteiger partial charge < -0.3 is 15.0 Å². The Morgan fingerprint density at radius 1 is 1.13 bits per heavy atom. The number of aliphatic carboxylic acids is 1. The molecular weight excluding hydrogens is 292 g/mol. The minimum atomic E-state index is -0.997. The van der Waals surface area contributed by atoms with Crippen molar-refractivity contribution in [3.05, 3.63) is 0 Å². The number of amidine groups is 1. The first-order chi connectivity index (χ1) is 11.1. The minimum absolute atomic E-state index is 0.0285. The zero-order chi connectivity index (χ0) is 17.0. The fraction of sp³-hybridized carbons (Fsp3) is 0.889. The van der Waals surface area contributed by atoms with E-state index in [0.717, 1.165) is 51.2 Å². The summed E-state index contributed by atoms with van der Waals surface area (Å²) in [7, 11) is 0. The van der Waals surface area contributed by atoms with Crippen LogP contribution in [0.15, 0.2) is 4.99 Å². The van der Waals surface area contributed by atoms with Gasteiger partial charge in [0.05, 0.1) is 19.1 Å². The second-order valence-electron chi connectivity index (χ2n) is 6.72. The van der Waals surface area contributed by atoms with Crippen molar-refractivity contribution in [1.82, 2.24) is 0 Å². The molecule has 0 saturated carbocycles. The van der Waals surface area contributed by atoms with Crippen LogP contribution in [0.25, 0.3) is 0 Å². The molecule has 1 N–H and O–H groups in total. The predicted molar refractivity (Wildman–Crippen MR) is 91.1 cm³/mol. The summed E-state index contributed by atoms with van der Waals surface area (Å²) in [5.74, 6) is 0.0452. The molecule has 0 amide bonds. The summed E-state index contributed by atoms with van der Waals surface area (Å²) in [6.07, 6.45) is 11.2. The Morgan fingerprint density at radius 3 is 2.48 bits per heavy atom. The molecule has 5 nitrogen and oxygen atoms in total. The lowest BCUT2D eigenvalue weighted by Crippen LogP contribution is -2.56. The number of hydrogen-bond acceptors (Lipinski definition) is 4. The van der Waals surface area contributed by atoms with Crippen LogP contribution in [0.1, 0.15) is 71.1 Å². The molecule has 0 aromatic heterocycles. The summed E-state index contributed by atoms with van der Waals surface area (Å²) in [4.78, 5) is 15.8. The number of unbranched alkanes of at least 4 members (excludes halogenated alkanes) is 7. The van der Waals surface area contributed by atoms with Gasteiger partial charge in [-0.05, 0) is 19.3 Å². The maximum Gasteiger partial charge on any atom is 0.198 e. The molecule has 134 valence electrons. The lowest BCUT2D eigenvalue weighted by Gasteiger charge is -2.35. The third kappa shape index (κ3) is 7.44. The van der Waals surface area contributed by atoms with Gasteiger partial charge in [0.2, 0.25) is 0 Å². The van der Waals surface area contributed by atoms with Crippen LogP contribution >= 0.6 is 0 Å². The van der Waals surface area contributed by atoms with Gasteiger partial charge in [-0.15, -0.1) is 0 Å². The highest BCUT2D eigenvalue weighted by Crippen LogP contribution is 2.21. The Bertz CT molecular complexity index is 371. The molecule has 0 spiro atoms. The Labute approximate surface area is 141 Å². The van der Waals surface area contributed by atoms with Crippen molar-refractivity contribution >= 4 is 11.8 Å². The first kappa shape index (κ1) is 20.1. The summed E-state index contributed by atoms with van der Waals surface area (Å²) >= 11 is 0. The van der Waals surface area contributed by atoms with Gasteiger partial charge in [-0.25, -0.2) is 4.99 Å². The van der Waals surface area contributed by atoms with Crippen LogP contribution in [0.3, 0.4) is 0 Å². The maximum atomic E-state index is 11.2. The van der Waals surface area contributed by atoms with E-state index in [2.05, 4.69) is 11.9 Å². The van der Waals surface area contributed by atoms with Crippen LogP contribution in [0.4, 0.5) is 0 Å². The van der Waals surface area contributed by atoms with Gasteiger partial charge in [0.1, 0.15) is 13.1 Å². The van der Waals surface area contributed by atoms with Gasteiger partial charge in [0, 0.05) is 13.0 Å². The second kappa shape index (κ2) is 11.6. The van der Waals surface area contributed by atoms with Gasteiger partial charge in [-0.2, -0.15) is 0 Å². The molecule has 0 aromatic rings. The summed E-state index contributed by atoms with van der Waals surface area (Å²) in [5.41, 5.74) is 0. The van der Waals surface area contributed by atoms with Crippen molar-refractivity contribution in [2.45, 2.75) is 71.1 Å². The molecule has 0 radical (unpaired) electrons. The number of carboxylic acids is 1. The molecule has 1 atom stereocenters. The van der Waals surface area contributed by atoms with Crippen molar-refractivity contribution in [3.8, 4) is 0 Å². The number of aliphatic hydroxyl groups is 1. The van der Waals surface area contributed by atoms with E-state index in [1.807, 2.05) is 0 Å². The lowest BCUT2D eigenvalue weighted by atomic mass is 10.1. The molecule has 1 aliphatic rings. The van der Waals surface area contributed by atoms with Crippen LogP contribution in [0, 0.1) is 0 Å². The van der Waals surface area contributed by atoms with Gasteiger partial charge in [-0.1, -0.05) is 45.4 Å². The topological polar surface area (TPSA) is 72.7 Å². The summed E-state index contributed by atoms with van der Waals surface area (Å²) in [6.45, 7) is 4.66. The minimum Gasteiger partial charge on any atom is -0.544 e. The molecule has 1 aliphatic heterocycles. The lowest BCUT2D eigenvalue weighted by molar-refractivity contribution is -0.831. The van der Waals surface area contributed by atoms with Crippen molar-refractivity contribution in [1.29, 1.82) is 0 Å². The van der Waals surface area contributed by atoms with Gasteiger partial charge >= 0.3 is 0 Å². The highest BCUT2D eigenvalue weighted by molar-refractivity contribution is 5.79. The standard InChI is InChI=1S/C18H34N2O3/c1-2-3-4-5-6-7-8-11-17-19-12-14-20(17,16-18(22)23)13-9-10-15-21/h21H,2-16H2,1H3. The third-order valence-electron chi connectivity index (χ3n) is 4.80. The normalized spacial score (nSPS) is 20.7. The molecule has 0 saturated heterocycles. The predicted octanol–water partition coefficient (Wildman–Crippen LogP) is 1.88. The number of carboxylic acid groups (broad SMARTS) is 1. The zero-order valence-corrected chi connectivity index (χ0v) is 14.8. The molecule has 0 aromatic carbocycles. The van der Waals surface area contributed by atoms with E-state index in [1.54, 1.807) is 0 Å². The van der Waals surface area contributed by atoms with Crippen molar-refractivity contribution in [2.24, 2.45) is 4.99 Å². The largest absolute Gasteiger partial charge is 0.544 e. The number of rotatable bonds is 14. The van der Waals surface area contributed by atoms with E-state index in [4.69, 9.17) is 5.11 Å². The quantitative estimate of drug-likeness (QED) is 0.391. The SMILES string of the molecule is CCCCCCCCCC1=NCC[N+]1(CCCCO)CC(=O)[O-]. The molecule has 0 bridgehead atoms. The van der Waals surface area contributed by atoms with Gasteiger partial charge in [0.25, 0.3) is 0 Å². The van der Waals surface area contributed by atoms with Crippen LogP contribution in [-0.2, 0) is 4.79 Å². The van der Waals surface area contributed by atoms with Crippen LogP contribution in [0.5, 0.6) is 0 Å². The molecule has 1 rings (SSSR count). The smallest absolute Gasteiger partial charge is 0.198 e. The highest BCUT2D eigenvalue weighted by Gasteiger charge is 2.37. The fourth-order valence-electron chi connectivity index (χ4n) is 3.47. The number of aliphatic hydroxyl groups excluding tert-OH is 1. The van der Waals surface area contributed by atoms with E-state index in [0.29, 0.717) is 4.48 Å². The van der Waals surface area contributed by atoms with E-state index >= 15 is 0 Å². The first-order valence-corrected chi connectivity index (χ1v) is 9.35. The van der Waals surface area contributed by atoms with E-state index in [1.165, 1.54) is 38.5 Å². The zero-order valence-electron chi connectivity index (χ0n) is 14.8. The molecule has 0 fully saturated rings. The summed E-state index contributed by atoms with van der Waals surface area (Å²) in [5, 5.41) is 20.2. The molecule has 0 aliphatic carbocycles. The Kier molecular flexibility index (Phi) is 10.1. The van der Waals surface area contributed by atoms with Crippen molar-refractivity contribution in [2.75, 3.05) is 32.8 Å². The van der Waals surface area contributed by atoms with Crippen molar-refractivity contribution in [3.63, 3.8) is 0 Å². The van der Waals surface area contributed by atoms with E-state index in [-0.39, 0.29) is 13.2 Å². The summed E-state index contributed by atoms with van der Waals surface area (Å²) in [6, 6.07) is 0. The second-order valence-corrected chi connectivity index (χ2v) is 6.72. The number of carbonyl (C=O) groups excluding carboxylic acids is 1. The average Bonchev–Trinajstić information content (AvgIpc) is 2.88. The Morgan fingerprint density at radius 2 is 1.83 bits per heavy atom. The van der Waals surface area contributed by atoms with Gasteiger partial charge in [-0.3, -0.25) is 4.48 Å². The first-order valence-electron chi connectivity index (χ1n) is 9.35. The molecule has 1 unspecified atom stereocenters. The third-order valence-corrected chi connectivity index (χ3v) is 4.80. The number of quaternary nitrogens is 1. The number of hydrogen-bond donors (Lipinski definition) is 1. The molecule has 1 heterocycles. The van der Waals surface area contributed by atoms with Gasteiger partial charge in [0.15, 0.2) is 5.84 Å². The Balaban J connectivity index is 2.41. The molecule has 23 heavy (non-hydrogen) atoms. The molecule has 5 heteroatoms. The van der Waals surface area contributed by atoms with E-state index < -0.39 is 5.97 Å². The number of nitrogens with zero attached hydrogens (tertiary/aromatic N) is 2. The highest BCUT2D eigenvalue weighted by atomic mass is 16.4. The maximum absolute atomic E-state index is 11.2. The monoisotopic (exact) mass is 326 g/mol. The number of aliphatic imine (C=N–C) groups is 1. The average molecular weight is 326 g/mol.